The Balaban J connectivity index is 1.42. The van der Waals surface area contributed by atoms with Crippen LogP contribution >= 0.6 is 0 Å². The predicted octanol–water partition coefficient (Wildman–Crippen LogP) is 6.93. The summed E-state index contributed by atoms with van der Waals surface area (Å²) in [6, 6.07) is 0. The van der Waals surface area contributed by atoms with Crippen LogP contribution in [-0.4, -0.2) is 23.3 Å². The highest BCUT2D eigenvalue weighted by molar-refractivity contribution is 5.66. The van der Waals surface area contributed by atoms with E-state index >= 15 is 0 Å². The molecule has 0 aromatic heterocycles. The first-order chi connectivity index (χ1) is 15.2. The largest absolute Gasteiger partial charge is 0.463 e. The number of carbonyl (C=O) groups excluding carboxylic acids is 1. The van der Waals surface area contributed by atoms with E-state index in [0.29, 0.717) is 16.7 Å². The van der Waals surface area contributed by atoms with E-state index in [9.17, 15) is 9.90 Å². The number of hydrogen-bond donors (Lipinski definition) is 1. The van der Waals surface area contributed by atoms with Crippen molar-refractivity contribution in [3.05, 3.63) is 12.7 Å². The van der Waals surface area contributed by atoms with Crippen LogP contribution in [0.1, 0.15) is 105 Å². The molecule has 32 heavy (non-hydrogen) atoms. The van der Waals surface area contributed by atoms with Crippen LogP contribution in [0.3, 0.4) is 0 Å². The first kappa shape index (κ1) is 24.3. The van der Waals surface area contributed by atoms with E-state index in [2.05, 4.69) is 27.4 Å². The van der Waals surface area contributed by atoms with Gasteiger partial charge in [-0.2, -0.15) is 0 Å². The third-order valence-corrected chi connectivity index (χ3v) is 11.1. The number of aliphatic hydroxyl groups excluding tert-OH is 1. The van der Waals surface area contributed by atoms with Crippen LogP contribution in [0, 0.1) is 46.3 Å². The molecule has 0 aromatic rings. The van der Waals surface area contributed by atoms with Crippen LogP contribution in [0.4, 0.5) is 0 Å². The minimum atomic E-state index is -0.215. The van der Waals surface area contributed by atoms with Gasteiger partial charge in [-0.1, -0.05) is 26.8 Å². The van der Waals surface area contributed by atoms with Gasteiger partial charge in [0.15, 0.2) is 0 Å². The van der Waals surface area contributed by atoms with Gasteiger partial charge in [-0.05, 0) is 123 Å². The van der Waals surface area contributed by atoms with Crippen LogP contribution in [0.25, 0.3) is 0 Å². The minimum Gasteiger partial charge on any atom is -0.463 e. The summed E-state index contributed by atoms with van der Waals surface area (Å²) >= 11 is 0. The summed E-state index contributed by atoms with van der Waals surface area (Å²) in [7, 11) is 0. The van der Waals surface area contributed by atoms with Gasteiger partial charge in [0, 0.05) is 6.92 Å². The lowest BCUT2D eigenvalue weighted by atomic mass is 9.44. The van der Waals surface area contributed by atoms with Gasteiger partial charge in [-0.3, -0.25) is 4.79 Å². The Kier molecular flexibility index (Phi) is 7.16. The van der Waals surface area contributed by atoms with Crippen molar-refractivity contribution >= 4 is 5.97 Å². The maximum Gasteiger partial charge on any atom is 0.302 e. The molecule has 10 atom stereocenters. The Morgan fingerprint density at radius 2 is 1.78 bits per heavy atom. The zero-order chi connectivity index (χ0) is 23.1. The molecule has 4 aliphatic rings. The second-order valence-corrected chi connectivity index (χ2v) is 12.6. The van der Waals surface area contributed by atoms with Crippen LogP contribution in [0.15, 0.2) is 12.7 Å². The molecule has 0 heterocycles. The van der Waals surface area contributed by atoms with E-state index in [-0.39, 0.29) is 18.2 Å². The van der Waals surface area contributed by atoms with Gasteiger partial charge in [-0.25, -0.2) is 0 Å². The molecule has 0 amide bonds. The fraction of sp³-hybridized carbons (Fsp3) is 0.897. The molecule has 4 fully saturated rings. The summed E-state index contributed by atoms with van der Waals surface area (Å²) in [4.78, 5) is 11.5. The lowest BCUT2D eigenvalue weighted by Gasteiger charge is -2.61. The molecule has 0 saturated heterocycles. The molecule has 0 spiro atoms. The van der Waals surface area contributed by atoms with E-state index < -0.39 is 0 Å². The van der Waals surface area contributed by atoms with Crippen LogP contribution < -0.4 is 0 Å². The number of esters is 1. The summed E-state index contributed by atoms with van der Waals surface area (Å²) in [5.41, 5.74) is 0.932. The third kappa shape index (κ3) is 4.32. The normalized spacial score (nSPS) is 45.2. The maximum absolute atomic E-state index is 11.5. The van der Waals surface area contributed by atoms with Crippen molar-refractivity contribution in [1.29, 1.82) is 0 Å². The number of rotatable bonds is 7. The van der Waals surface area contributed by atoms with Gasteiger partial charge in [0.05, 0.1) is 6.10 Å². The first-order valence-electron chi connectivity index (χ1n) is 13.6. The highest BCUT2D eigenvalue weighted by atomic mass is 16.5. The lowest BCUT2D eigenvalue weighted by molar-refractivity contribution is -0.160. The average Bonchev–Trinajstić information content (AvgIpc) is 3.09. The van der Waals surface area contributed by atoms with Gasteiger partial charge in [0.25, 0.3) is 0 Å². The summed E-state index contributed by atoms with van der Waals surface area (Å²) in [5.74, 6) is 4.78. The number of carbonyl (C=O) groups is 1. The molecule has 3 nitrogen and oxygen atoms in total. The highest BCUT2D eigenvalue weighted by Crippen LogP contribution is 2.68. The Labute approximate surface area is 196 Å². The summed E-state index contributed by atoms with van der Waals surface area (Å²) in [6.45, 7) is 13.0. The van der Waals surface area contributed by atoms with Crippen molar-refractivity contribution in [2.24, 2.45) is 46.3 Å². The summed E-state index contributed by atoms with van der Waals surface area (Å²) < 4.78 is 5.64. The smallest absolute Gasteiger partial charge is 0.302 e. The van der Waals surface area contributed by atoms with Crippen molar-refractivity contribution in [1.82, 2.24) is 0 Å². The van der Waals surface area contributed by atoms with Crippen LogP contribution in [-0.2, 0) is 9.53 Å². The lowest BCUT2D eigenvalue weighted by Crippen LogP contribution is -2.54. The van der Waals surface area contributed by atoms with Crippen molar-refractivity contribution < 1.29 is 14.6 Å². The van der Waals surface area contributed by atoms with Crippen molar-refractivity contribution in [3.8, 4) is 0 Å². The molecule has 0 bridgehead atoms. The fourth-order valence-corrected chi connectivity index (χ4v) is 9.50. The van der Waals surface area contributed by atoms with E-state index in [1.165, 1.54) is 44.9 Å². The van der Waals surface area contributed by atoms with Crippen molar-refractivity contribution in [2.75, 3.05) is 0 Å². The van der Waals surface area contributed by atoms with Gasteiger partial charge in [0.1, 0.15) is 6.10 Å². The van der Waals surface area contributed by atoms with Crippen LogP contribution in [0.2, 0.25) is 0 Å². The number of aliphatic hydroxyl groups is 1. The molecule has 3 heteroatoms. The van der Waals surface area contributed by atoms with E-state index in [1.54, 1.807) is 6.92 Å². The standard InChI is InChI=1S/C29H48O3/c1-6-7-22(31)10-8-19(2)25-12-13-26-24-11-9-21-18-23(32-20(3)30)14-16-28(21,4)27(24)15-17-29(25,26)5/h6,19,21-27,31H,1,7-18H2,2-5H3/t19-,21-,22+,23-,24+,25-,26+,27+,28+,29-/m1/s1. The number of hydrogen-bond acceptors (Lipinski definition) is 3. The molecule has 0 aliphatic heterocycles. The van der Waals surface area contributed by atoms with Gasteiger partial charge in [-0.15, -0.1) is 6.58 Å². The molecule has 0 aromatic carbocycles. The maximum atomic E-state index is 11.5. The Bertz CT molecular complexity index is 688. The topological polar surface area (TPSA) is 46.5 Å². The molecule has 182 valence electrons. The van der Waals surface area contributed by atoms with Crippen molar-refractivity contribution in [2.45, 2.75) is 117 Å². The fourth-order valence-electron chi connectivity index (χ4n) is 9.50. The van der Waals surface area contributed by atoms with E-state index in [4.69, 9.17) is 4.74 Å². The first-order valence-corrected chi connectivity index (χ1v) is 13.6. The molecule has 0 unspecified atom stereocenters. The van der Waals surface area contributed by atoms with Gasteiger partial charge in [0.2, 0.25) is 0 Å². The zero-order valence-electron chi connectivity index (χ0n) is 21.2. The Morgan fingerprint density at radius 3 is 2.50 bits per heavy atom. The quantitative estimate of drug-likeness (QED) is 0.342. The van der Waals surface area contributed by atoms with E-state index in [0.717, 1.165) is 61.7 Å². The molecule has 4 rings (SSSR count). The van der Waals surface area contributed by atoms with Gasteiger partial charge < -0.3 is 9.84 Å². The van der Waals surface area contributed by atoms with Crippen molar-refractivity contribution in [3.63, 3.8) is 0 Å². The SMILES string of the molecule is C=CC[C@H](O)CC[C@@H](C)[C@H]1CC[C@H]2[C@@H]3CC[C@@H]4C[C@H](OC(C)=O)CC[C@]4(C)[C@H]3CC[C@]12C. The van der Waals surface area contributed by atoms with E-state index in [1.807, 2.05) is 6.08 Å². The van der Waals surface area contributed by atoms with Crippen LogP contribution in [0.5, 0.6) is 0 Å². The molecule has 0 radical (unpaired) electrons. The third-order valence-electron chi connectivity index (χ3n) is 11.1. The van der Waals surface area contributed by atoms with Gasteiger partial charge >= 0.3 is 5.97 Å². The monoisotopic (exact) mass is 444 g/mol. The summed E-state index contributed by atoms with van der Waals surface area (Å²) in [5, 5.41) is 10.2. The molecular weight excluding hydrogens is 396 g/mol. The molecule has 1 N–H and O–H groups in total. The Hall–Kier alpha value is -0.830. The highest BCUT2D eigenvalue weighted by Gasteiger charge is 2.60. The molecule has 4 saturated carbocycles. The Morgan fingerprint density at radius 1 is 1.06 bits per heavy atom. The number of ether oxygens (including phenoxy) is 1. The minimum absolute atomic E-state index is 0.108. The predicted molar refractivity (Wildman–Crippen MR) is 130 cm³/mol. The average molecular weight is 445 g/mol. The summed E-state index contributed by atoms with van der Waals surface area (Å²) in [6.07, 6.45) is 16.3. The second-order valence-electron chi connectivity index (χ2n) is 12.6. The number of fused-ring (bicyclic) bond motifs is 5. The molecule has 4 aliphatic carbocycles. The molecular formula is C29H48O3. The zero-order valence-corrected chi connectivity index (χ0v) is 21.2. The second kappa shape index (κ2) is 9.43.